The Morgan fingerprint density at radius 1 is 1.14 bits per heavy atom. The summed E-state index contributed by atoms with van der Waals surface area (Å²) < 4.78 is 4.87. The average Bonchev–Trinajstić information content (AvgIpc) is 3.42. The van der Waals surface area contributed by atoms with Crippen molar-refractivity contribution in [2.24, 2.45) is 23.7 Å². The van der Waals surface area contributed by atoms with Gasteiger partial charge < -0.3 is 15.2 Å². The van der Waals surface area contributed by atoms with Crippen molar-refractivity contribution in [3.8, 4) is 0 Å². The molecule has 0 unspecified atom stereocenters. The first kappa shape index (κ1) is 19.4. The summed E-state index contributed by atoms with van der Waals surface area (Å²) in [5, 5.41) is 12.8. The van der Waals surface area contributed by atoms with E-state index in [1.165, 1.54) is 18.4 Å². The summed E-state index contributed by atoms with van der Waals surface area (Å²) in [4.78, 5) is 37.8. The van der Waals surface area contributed by atoms with E-state index in [1.807, 2.05) is 42.5 Å². The number of carboxylic acid groups (broad SMARTS) is 1. The molecule has 7 heteroatoms. The van der Waals surface area contributed by atoms with Crippen LogP contribution in [0.1, 0.15) is 27.2 Å². The first-order valence-electron chi connectivity index (χ1n) is 9.45. The van der Waals surface area contributed by atoms with Gasteiger partial charge in [-0.2, -0.15) is 0 Å². The lowest BCUT2D eigenvalue weighted by Gasteiger charge is -2.23. The predicted octanol–water partition coefficient (Wildman–Crippen LogP) is 3.59. The van der Waals surface area contributed by atoms with Crippen molar-refractivity contribution in [2.75, 3.05) is 12.4 Å². The van der Waals surface area contributed by atoms with Gasteiger partial charge in [0.1, 0.15) is 5.00 Å². The predicted molar refractivity (Wildman–Crippen MR) is 109 cm³/mol. The number of nitrogens with one attached hydrogen (secondary N) is 1. The van der Waals surface area contributed by atoms with E-state index in [0.717, 1.165) is 10.4 Å². The number of carbonyl (C=O) groups is 3. The third-order valence-electron chi connectivity index (χ3n) is 5.69. The summed E-state index contributed by atoms with van der Waals surface area (Å²) in [7, 11) is 1.30. The number of thiophene rings is 1. The van der Waals surface area contributed by atoms with Crippen molar-refractivity contribution in [1.29, 1.82) is 0 Å². The van der Waals surface area contributed by atoms with Crippen LogP contribution in [0.15, 0.2) is 48.6 Å². The van der Waals surface area contributed by atoms with Crippen LogP contribution in [-0.2, 0) is 20.7 Å². The number of anilines is 1. The summed E-state index contributed by atoms with van der Waals surface area (Å²) in [6.45, 7) is 0. The van der Waals surface area contributed by atoms with Gasteiger partial charge in [0.25, 0.3) is 0 Å². The minimum atomic E-state index is -0.953. The monoisotopic (exact) mass is 411 g/mol. The molecule has 6 nitrogen and oxygen atoms in total. The molecule has 1 aromatic heterocycles. The van der Waals surface area contributed by atoms with Gasteiger partial charge in [0.2, 0.25) is 5.91 Å². The number of fused-ring (bicyclic) bond motifs is 2. The second-order valence-corrected chi connectivity index (χ2v) is 8.57. The molecule has 0 saturated heterocycles. The number of aliphatic carboxylic acids is 1. The standard InChI is InChI=1S/C22H21NO5S/c1-28-22(27)16-11-15(9-12-5-3-2-4-6-12)29-20(16)23-19(24)17-13-7-8-14(10-13)18(17)21(25)26/h2-8,11,13-14,17-18H,9-10H2,1H3,(H,23,24)(H,25,26)/t13-,14-,17+,18-/m0/s1. The molecule has 150 valence electrons. The number of hydrogen-bond donors (Lipinski definition) is 2. The highest BCUT2D eigenvalue weighted by Crippen LogP contribution is 2.48. The van der Waals surface area contributed by atoms with Crippen LogP contribution < -0.4 is 5.32 Å². The number of carboxylic acids is 1. The first-order valence-corrected chi connectivity index (χ1v) is 10.3. The van der Waals surface area contributed by atoms with Gasteiger partial charge in [-0.05, 0) is 29.9 Å². The Morgan fingerprint density at radius 3 is 2.48 bits per heavy atom. The molecule has 1 aromatic carbocycles. The smallest absolute Gasteiger partial charge is 0.340 e. The van der Waals surface area contributed by atoms with Crippen LogP contribution in [0.5, 0.6) is 0 Å². The van der Waals surface area contributed by atoms with Crippen molar-refractivity contribution in [2.45, 2.75) is 12.8 Å². The van der Waals surface area contributed by atoms with Crippen LogP contribution in [0.4, 0.5) is 5.00 Å². The van der Waals surface area contributed by atoms with Crippen LogP contribution in [0, 0.1) is 23.7 Å². The Labute approximate surface area is 172 Å². The summed E-state index contributed by atoms with van der Waals surface area (Å²) in [6.07, 6.45) is 5.14. The summed E-state index contributed by atoms with van der Waals surface area (Å²) in [6, 6.07) is 11.5. The molecule has 1 heterocycles. The maximum atomic E-state index is 13.0. The lowest BCUT2D eigenvalue weighted by atomic mass is 9.82. The van der Waals surface area contributed by atoms with E-state index < -0.39 is 23.8 Å². The number of ether oxygens (including phenoxy) is 1. The highest BCUT2D eigenvalue weighted by molar-refractivity contribution is 7.16. The van der Waals surface area contributed by atoms with Crippen molar-refractivity contribution < 1.29 is 24.2 Å². The van der Waals surface area contributed by atoms with E-state index in [1.54, 1.807) is 6.07 Å². The Morgan fingerprint density at radius 2 is 1.83 bits per heavy atom. The first-order chi connectivity index (χ1) is 14.0. The Hall–Kier alpha value is -2.93. The van der Waals surface area contributed by atoms with Crippen LogP contribution in [-0.4, -0.2) is 30.1 Å². The van der Waals surface area contributed by atoms with Gasteiger partial charge in [0, 0.05) is 11.3 Å². The fourth-order valence-corrected chi connectivity index (χ4v) is 5.47. The molecule has 2 aliphatic rings. The zero-order chi connectivity index (χ0) is 20.5. The molecule has 1 saturated carbocycles. The van der Waals surface area contributed by atoms with Gasteiger partial charge in [-0.15, -0.1) is 11.3 Å². The molecule has 29 heavy (non-hydrogen) atoms. The average molecular weight is 411 g/mol. The quantitative estimate of drug-likeness (QED) is 0.560. The van der Waals surface area contributed by atoms with Crippen LogP contribution in [0.25, 0.3) is 0 Å². The lowest BCUT2D eigenvalue weighted by molar-refractivity contribution is -0.146. The molecule has 2 N–H and O–H groups in total. The van der Waals surface area contributed by atoms with Gasteiger partial charge in [-0.25, -0.2) is 4.79 Å². The number of methoxy groups -OCH3 is 1. The number of hydrogen-bond acceptors (Lipinski definition) is 5. The molecule has 1 fully saturated rings. The van der Waals surface area contributed by atoms with E-state index in [4.69, 9.17) is 4.74 Å². The number of allylic oxidation sites excluding steroid dienone is 2. The van der Waals surface area contributed by atoms with Crippen LogP contribution in [0.2, 0.25) is 0 Å². The second-order valence-electron chi connectivity index (χ2n) is 7.44. The van der Waals surface area contributed by atoms with E-state index >= 15 is 0 Å². The molecule has 2 bridgehead atoms. The SMILES string of the molecule is COC(=O)c1cc(Cc2ccccc2)sc1NC(=O)[C@H]1[C@@H](C(=O)O)[C@H]2C=C[C@H]1C2. The molecule has 0 aliphatic heterocycles. The molecule has 0 radical (unpaired) electrons. The largest absolute Gasteiger partial charge is 0.481 e. The van der Waals surface area contributed by atoms with Crippen molar-refractivity contribution in [3.05, 3.63) is 64.6 Å². The molecule has 2 aromatic rings. The highest BCUT2D eigenvalue weighted by Gasteiger charge is 2.51. The molecular formula is C22H21NO5S. The van der Waals surface area contributed by atoms with Gasteiger partial charge >= 0.3 is 11.9 Å². The number of benzene rings is 1. The van der Waals surface area contributed by atoms with Crippen LogP contribution in [0.3, 0.4) is 0 Å². The fourth-order valence-electron chi connectivity index (χ4n) is 4.39. The van der Waals surface area contributed by atoms with Crippen LogP contribution >= 0.6 is 11.3 Å². The Bertz CT molecular complexity index is 980. The van der Waals surface area contributed by atoms with Gasteiger partial charge in [-0.3, -0.25) is 9.59 Å². The Kier molecular flexibility index (Phi) is 5.24. The fraction of sp³-hybridized carbons (Fsp3) is 0.318. The van der Waals surface area contributed by atoms with E-state index in [2.05, 4.69) is 5.32 Å². The normalized spacial score (nSPS) is 24.4. The number of carbonyl (C=O) groups excluding carboxylic acids is 2. The minimum absolute atomic E-state index is 0.0774. The van der Waals surface area contributed by atoms with Gasteiger partial charge in [0.05, 0.1) is 24.5 Å². The van der Waals surface area contributed by atoms with Crippen molar-refractivity contribution >= 4 is 34.2 Å². The minimum Gasteiger partial charge on any atom is -0.481 e. The molecule has 2 aliphatic carbocycles. The van der Waals surface area contributed by atoms with Gasteiger partial charge in [-0.1, -0.05) is 42.5 Å². The number of amides is 1. The van der Waals surface area contributed by atoms with E-state index in [9.17, 15) is 19.5 Å². The second kappa shape index (κ2) is 7.83. The summed E-state index contributed by atoms with van der Waals surface area (Å²) in [5.41, 5.74) is 1.38. The van der Waals surface area contributed by atoms with E-state index in [-0.39, 0.29) is 17.7 Å². The van der Waals surface area contributed by atoms with E-state index in [0.29, 0.717) is 23.4 Å². The van der Waals surface area contributed by atoms with Crippen molar-refractivity contribution in [3.63, 3.8) is 0 Å². The third-order valence-corrected chi connectivity index (χ3v) is 6.74. The highest BCUT2D eigenvalue weighted by atomic mass is 32.1. The molecule has 4 rings (SSSR count). The Balaban J connectivity index is 1.58. The summed E-state index contributed by atoms with van der Waals surface area (Å²) in [5.74, 6) is -3.38. The molecule has 0 spiro atoms. The topological polar surface area (TPSA) is 92.7 Å². The maximum Gasteiger partial charge on any atom is 0.340 e. The third kappa shape index (κ3) is 3.70. The zero-order valence-electron chi connectivity index (χ0n) is 15.8. The number of rotatable bonds is 6. The molecular weight excluding hydrogens is 390 g/mol. The number of esters is 1. The zero-order valence-corrected chi connectivity index (χ0v) is 16.6. The maximum absolute atomic E-state index is 13.0. The summed E-state index contributed by atoms with van der Waals surface area (Å²) >= 11 is 1.32. The molecule has 4 atom stereocenters. The lowest BCUT2D eigenvalue weighted by Crippen LogP contribution is -2.36. The van der Waals surface area contributed by atoms with Gasteiger partial charge in [0.15, 0.2) is 0 Å². The molecule has 1 amide bonds. The van der Waals surface area contributed by atoms with Crippen molar-refractivity contribution in [1.82, 2.24) is 0 Å².